The fourth-order valence-electron chi connectivity index (χ4n) is 3.00. The van der Waals surface area contributed by atoms with Gasteiger partial charge in [-0.25, -0.2) is 9.59 Å². The number of carboxylic acids is 2. The van der Waals surface area contributed by atoms with Crippen molar-refractivity contribution in [3.8, 4) is 0 Å². The second-order valence-corrected chi connectivity index (χ2v) is 7.65. The number of aliphatic hydroxyl groups is 1. The number of piperidine rings is 1. The molecule has 1 rings (SSSR count). The maximum Gasteiger partial charge on any atom is 0.490 e. The highest BCUT2D eigenvalue weighted by molar-refractivity contribution is 5.73. The molecule has 0 aromatic carbocycles. The van der Waals surface area contributed by atoms with Crippen LogP contribution in [-0.4, -0.2) is 95.3 Å². The number of aliphatic carboxylic acids is 2. The van der Waals surface area contributed by atoms with Gasteiger partial charge in [-0.3, -0.25) is 0 Å². The van der Waals surface area contributed by atoms with Crippen molar-refractivity contribution in [3.63, 3.8) is 0 Å². The molecule has 0 aromatic heterocycles. The molecule has 0 aliphatic carbocycles. The fourth-order valence-corrected chi connectivity index (χ4v) is 3.00. The quantitative estimate of drug-likeness (QED) is 0.309. The number of aliphatic hydroxyl groups excluding tert-OH is 1. The molecule has 3 N–H and O–H groups in total. The van der Waals surface area contributed by atoms with Crippen LogP contribution in [0, 0.1) is 0 Å². The minimum atomic E-state index is -5.08. The van der Waals surface area contributed by atoms with Gasteiger partial charge in [-0.05, 0) is 71.8 Å². The van der Waals surface area contributed by atoms with E-state index in [0.29, 0.717) is 6.61 Å². The smallest absolute Gasteiger partial charge is 0.475 e. The Bertz CT molecular complexity index is 508. The average molecular weight is 499 g/mol. The van der Waals surface area contributed by atoms with Crippen LogP contribution in [0.4, 0.5) is 26.3 Å². The number of carbonyl (C=O) groups is 2. The number of alkyl halides is 6. The number of unbranched alkanes of at least 4 members (excludes halogenated alkanes) is 2. The van der Waals surface area contributed by atoms with Crippen LogP contribution in [0.25, 0.3) is 0 Å². The predicted octanol–water partition coefficient (Wildman–Crippen LogP) is 4.00. The molecule has 198 valence electrons. The van der Waals surface area contributed by atoms with E-state index in [-0.39, 0.29) is 0 Å². The molecule has 1 saturated heterocycles. The number of rotatable bonds is 10. The summed E-state index contributed by atoms with van der Waals surface area (Å²) in [4.78, 5) is 23.0. The molecular weight excluding hydrogens is 462 g/mol. The van der Waals surface area contributed by atoms with Crippen molar-refractivity contribution in [2.45, 2.75) is 76.7 Å². The summed E-state index contributed by atoms with van der Waals surface area (Å²) in [6.07, 6.45) is -0.00222. The molecule has 1 atom stereocenters. The Labute approximate surface area is 190 Å². The summed E-state index contributed by atoms with van der Waals surface area (Å²) in [6.45, 7) is 7.52. The lowest BCUT2D eigenvalue weighted by Crippen LogP contribution is -2.39. The number of nitrogens with zero attached hydrogens (tertiary/aromatic N) is 2. The summed E-state index contributed by atoms with van der Waals surface area (Å²) in [5.74, 6) is -5.51. The molecule has 1 fully saturated rings. The van der Waals surface area contributed by atoms with Crippen molar-refractivity contribution >= 4 is 11.9 Å². The molecule has 1 aliphatic rings. The third-order valence-corrected chi connectivity index (χ3v) is 4.90. The van der Waals surface area contributed by atoms with Crippen LogP contribution in [0.1, 0.15) is 58.3 Å². The van der Waals surface area contributed by atoms with Gasteiger partial charge in [0.05, 0.1) is 0 Å². The number of halogens is 6. The molecular formula is C20H36F6N2O5. The van der Waals surface area contributed by atoms with Crippen LogP contribution in [-0.2, 0) is 9.59 Å². The molecule has 1 aliphatic heterocycles. The van der Waals surface area contributed by atoms with E-state index in [0.717, 1.165) is 25.4 Å². The third-order valence-electron chi connectivity index (χ3n) is 4.90. The molecule has 0 amide bonds. The Balaban J connectivity index is 0. The van der Waals surface area contributed by atoms with Crippen LogP contribution in [0.15, 0.2) is 0 Å². The molecule has 1 unspecified atom stereocenters. The van der Waals surface area contributed by atoms with Crippen molar-refractivity contribution in [2.75, 3.05) is 39.8 Å². The second kappa shape index (κ2) is 17.8. The van der Waals surface area contributed by atoms with Gasteiger partial charge in [0.15, 0.2) is 0 Å². The molecule has 0 aromatic rings. The van der Waals surface area contributed by atoms with Gasteiger partial charge in [-0.1, -0.05) is 19.8 Å². The third kappa shape index (κ3) is 19.6. The first kappa shape index (κ1) is 33.6. The van der Waals surface area contributed by atoms with E-state index in [1.54, 1.807) is 0 Å². The van der Waals surface area contributed by atoms with Gasteiger partial charge >= 0.3 is 24.3 Å². The zero-order chi connectivity index (χ0) is 26.1. The predicted molar refractivity (Wildman–Crippen MR) is 110 cm³/mol. The maximum atomic E-state index is 10.6. The van der Waals surface area contributed by atoms with Gasteiger partial charge < -0.3 is 25.1 Å². The van der Waals surface area contributed by atoms with Crippen LogP contribution in [0.5, 0.6) is 0 Å². The molecule has 1 heterocycles. The Morgan fingerprint density at radius 1 is 0.909 bits per heavy atom. The first-order chi connectivity index (χ1) is 15.2. The highest BCUT2D eigenvalue weighted by Crippen LogP contribution is 2.18. The fraction of sp³-hybridized carbons (Fsp3) is 0.900. The van der Waals surface area contributed by atoms with Crippen LogP contribution in [0.2, 0.25) is 0 Å². The summed E-state index contributed by atoms with van der Waals surface area (Å²) in [6, 6.07) is 0.802. The van der Waals surface area contributed by atoms with Crippen LogP contribution >= 0.6 is 0 Å². The van der Waals surface area contributed by atoms with E-state index in [1.807, 2.05) is 0 Å². The molecule has 0 saturated carbocycles. The summed E-state index contributed by atoms with van der Waals surface area (Å²) in [5.41, 5.74) is 0. The average Bonchev–Trinajstić information content (AvgIpc) is 2.70. The van der Waals surface area contributed by atoms with Crippen molar-refractivity contribution in [3.05, 3.63) is 0 Å². The van der Waals surface area contributed by atoms with Gasteiger partial charge in [0, 0.05) is 12.6 Å². The molecule has 33 heavy (non-hydrogen) atoms. The number of hydrogen-bond donors (Lipinski definition) is 3. The topological polar surface area (TPSA) is 101 Å². The Hall–Kier alpha value is -1.60. The minimum Gasteiger partial charge on any atom is -0.475 e. The monoisotopic (exact) mass is 498 g/mol. The highest BCUT2D eigenvalue weighted by atomic mass is 19.4. The van der Waals surface area contributed by atoms with Crippen LogP contribution < -0.4 is 0 Å². The van der Waals surface area contributed by atoms with E-state index in [2.05, 4.69) is 23.8 Å². The lowest BCUT2D eigenvalue weighted by Gasteiger charge is -2.34. The lowest BCUT2D eigenvalue weighted by molar-refractivity contribution is -0.193. The normalized spacial score (nSPS) is 17.0. The van der Waals surface area contributed by atoms with E-state index in [9.17, 15) is 26.3 Å². The number of hydrogen-bond acceptors (Lipinski definition) is 5. The van der Waals surface area contributed by atoms with Gasteiger partial charge in [-0.15, -0.1) is 0 Å². The van der Waals surface area contributed by atoms with Gasteiger partial charge in [0.25, 0.3) is 0 Å². The van der Waals surface area contributed by atoms with E-state index in [1.165, 1.54) is 58.2 Å². The molecule has 13 heteroatoms. The summed E-state index contributed by atoms with van der Waals surface area (Å²) >= 11 is 0. The first-order valence-electron chi connectivity index (χ1n) is 10.8. The van der Waals surface area contributed by atoms with E-state index >= 15 is 0 Å². The second-order valence-electron chi connectivity index (χ2n) is 7.65. The van der Waals surface area contributed by atoms with Crippen molar-refractivity contribution < 1.29 is 51.3 Å². The lowest BCUT2D eigenvalue weighted by atomic mass is 10.00. The molecule has 7 nitrogen and oxygen atoms in total. The van der Waals surface area contributed by atoms with Crippen molar-refractivity contribution in [1.82, 2.24) is 9.80 Å². The van der Waals surface area contributed by atoms with Gasteiger partial charge in [-0.2, -0.15) is 26.3 Å². The number of likely N-dealkylation sites (tertiary alicyclic amines) is 1. The highest BCUT2D eigenvalue weighted by Gasteiger charge is 2.38. The minimum absolute atomic E-state index is 0.340. The van der Waals surface area contributed by atoms with E-state index < -0.39 is 24.3 Å². The molecule has 0 bridgehead atoms. The summed E-state index contributed by atoms with van der Waals surface area (Å²) < 4.78 is 63.5. The van der Waals surface area contributed by atoms with Crippen molar-refractivity contribution in [2.24, 2.45) is 0 Å². The van der Waals surface area contributed by atoms with Gasteiger partial charge in [0.1, 0.15) is 0 Å². The number of carboxylic acid groups (broad SMARTS) is 2. The zero-order valence-electron chi connectivity index (χ0n) is 19.1. The largest absolute Gasteiger partial charge is 0.490 e. The standard InChI is InChI=1S/C16H34N2O.2C2HF3O2/c1-3-4-12-18(13-7-8-15-19)14-10-16-9-5-6-11-17(16)2;2*3-2(4,5)1(6)7/h16,19H,3-15H2,1-2H3;2*(H,6,7). The Kier molecular flexibility index (Phi) is 18.1. The van der Waals surface area contributed by atoms with E-state index in [4.69, 9.17) is 24.9 Å². The Morgan fingerprint density at radius 2 is 1.39 bits per heavy atom. The van der Waals surface area contributed by atoms with Crippen LogP contribution in [0.3, 0.4) is 0 Å². The molecule has 0 spiro atoms. The maximum absolute atomic E-state index is 10.6. The molecule has 0 radical (unpaired) electrons. The zero-order valence-corrected chi connectivity index (χ0v) is 19.1. The Morgan fingerprint density at radius 3 is 1.79 bits per heavy atom. The SMILES string of the molecule is CCCCN(CCCCO)CCC1CCCCN1C.O=C(O)C(F)(F)F.O=C(O)C(F)(F)F. The summed E-state index contributed by atoms with van der Waals surface area (Å²) in [5, 5.41) is 23.1. The van der Waals surface area contributed by atoms with Gasteiger partial charge in [0.2, 0.25) is 0 Å². The first-order valence-corrected chi connectivity index (χ1v) is 10.8. The summed E-state index contributed by atoms with van der Waals surface area (Å²) in [7, 11) is 2.28. The van der Waals surface area contributed by atoms with Crippen molar-refractivity contribution in [1.29, 1.82) is 0 Å².